The van der Waals surface area contributed by atoms with Crippen LogP contribution in [-0.2, 0) is 11.3 Å². The van der Waals surface area contributed by atoms with Crippen molar-refractivity contribution >= 4 is 5.97 Å². The van der Waals surface area contributed by atoms with Gasteiger partial charge in [-0.25, -0.2) is 13.2 Å². The molecule has 1 atom stereocenters. The summed E-state index contributed by atoms with van der Waals surface area (Å²) in [6.07, 6.45) is 0. The van der Waals surface area contributed by atoms with Gasteiger partial charge in [0, 0.05) is 6.54 Å². The average molecular weight is 261 g/mol. The molecule has 0 amide bonds. The number of carbonyl (C=O) groups is 1. The summed E-state index contributed by atoms with van der Waals surface area (Å²) >= 11 is 0. The Morgan fingerprint density at radius 2 is 1.78 bits per heavy atom. The van der Waals surface area contributed by atoms with E-state index in [4.69, 9.17) is 5.11 Å². The number of aliphatic carboxylic acids is 1. The molecule has 100 valence electrons. The van der Waals surface area contributed by atoms with Gasteiger partial charge < -0.3 is 10.4 Å². The Kier molecular flexibility index (Phi) is 4.72. The molecular formula is C12H14F3NO2. The summed E-state index contributed by atoms with van der Waals surface area (Å²) in [5.41, 5.74) is 0.151. The molecule has 6 heteroatoms. The second kappa shape index (κ2) is 5.86. The quantitative estimate of drug-likeness (QED) is 0.800. The van der Waals surface area contributed by atoms with Crippen molar-refractivity contribution in [3.8, 4) is 0 Å². The molecule has 18 heavy (non-hydrogen) atoms. The molecule has 0 heterocycles. The summed E-state index contributed by atoms with van der Waals surface area (Å²) in [6, 6.07) is 0.844. The van der Waals surface area contributed by atoms with Gasteiger partial charge in [-0.2, -0.15) is 0 Å². The molecule has 0 fully saturated rings. The van der Waals surface area contributed by atoms with E-state index in [-0.39, 0.29) is 18.0 Å². The van der Waals surface area contributed by atoms with Crippen LogP contribution >= 0.6 is 0 Å². The predicted molar refractivity (Wildman–Crippen MR) is 59.4 cm³/mol. The minimum Gasteiger partial charge on any atom is -0.480 e. The van der Waals surface area contributed by atoms with E-state index in [1.54, 1.807) is 13.8 Å². The van der Waals surface area contributed by atoms with Crippen molar-refractivity contribution in [1.29, 1.82) is 0 Å². The van der Waals surface area contributed by atoms with E-state index in [9.17, 15) is 18.0 Å². The second-order valence-electron chi connectivity index (χ2n) is 4.31. The zero-order chi connectivity index (χ0) is 13.9. The van der Waals surface area contributed by atoms with Crippen LogP contribution in [0.2, 0.25) is 0 Å². The monoisotopic (exact) mass is 261 g/mol. The lowest BCUT2D eigenvalue weighted by atomic mass is 10.0. The Morgan fingerprint density at radius 1 is 1.28 bits per heavy atom. The fourth-order valence-corrected chi connectivity index (χ4v) is 1.55. The molecule has 0 unspecified atom stereocenters. The van der Waals surface area contributed by atoms with E-state index in [2.05, 4.69) is 5.32 Å². The number of benzene rings is 1. The number of nitrogens with one attached hydrogen (secondary N) is 1. The van der Waals surface area contributed by atoms with Crippen LogP contribution in [0, 0.1) is 23.4 Å². The van der Waals surface area contributed by atoms with Crippen molar-refractivity contribution in [3.05, 3.63) is 35.1 Å². The molecule has 0 saturated heterocycles. The van der Waals surface area contributed by atoms with Crippen LogP contribution in [-0.4, -0.2) is 17.1 Å². The van der Waals surface area contributed by atoms with Gasteiger partial charge in [0.1, 0.15) is 6.04 Å². The van der Waals surface area contributed by atoms with E-state index in [0.29, 0.717) is 0 Å². The molecule has 0 spiro atoms. The first-order valence-electron chi connectivity index (χ1n) is 5.42. The summed E-state index contributed by atoms with van der Waals surface area (Å²) in [5.74, 6) is -5.34. The molecule has 2 N–H and O–H groups in total. The van der Waals surface area contributed by atoms with Crippen LogP contribution in [0.15, 0.2) is 12.1 Å². The van der Waals surface area contributed by atoms with Crippen LogP contribution in [0.4, 0.5) is 13.2 Å². The highest BCUT2D eigenvalue weighted by atomic mass is 19.2. The molecule has 0 bridgehead atoms. The SMILES string of the molecule is CC(C)[C@H](NCc1cc(F)c(F)c(F)c1)C(=O)O. The highest BCUT2D eigenvalue weighted by Crippen LogP contribution is 2.14. The maximum atomic E-state index is 12.9. The van der Waals surface area contributed by atoms with Crippen LogP contribution in [0.5, 0.6) is 0 Å². The number of hydrogen-bond acceptors (Lipinski definition) is 2. The summed E-state index contributed by atoms with van der Waals surface area (Å²) < 4.78 is 38.5. The Labute approximate surface area is 103 Å². The van der Waals surface area contributed by atoms with E-state index in [1.165, 1.54) is 0 Å². The van der Waals surface area contributed by atoms with Gasteiger partial charge in [-0.05, 0) is 23.6 Å². The van der Waals surface area contributed by atoms with Gasteiger partial charge in [-0.1, -0.05) is 13.8 Å². The smallest absolute Gasteiger partial charge is 0.320 e. The standard InChI is InChI=1S/C12H14F3NO2/c1-6(2)11(12(17)18)16-5-7-3-8(13)10(15)9(14)4-7/h3-4,6,11,16H,5H2,1-2H3,(H,17,18)/t11-/m0/s1. The molecule has 3 nitrogen and oxygen atoms in total. The minimum absolute atomic E-state index is 0.0523. The first kappa shape index (κ1) is 14.5. The van der Waals surface area contributed by atoms with Crippen molar-refractivity contribution in [2.45, 2.75) is 26.4 Å². The van der Waals surface area contributed by atoms with Crippen LogP contribution in [0.3, 0.4) is 0 Å². The highest BCUT2D eigenvalue weighted by Gasteiger charge is 2.21. The Morgan fingerprint density at radius 3 is 2.17 bits per heavy atom. The van der Waals surface area contributed by atoms with E-state index < -0.39 is 29.5 Å². The van der Waals surface area contributed by atoms with Gasteiger partial charge in [-0.15, -0.1) is 0 Å². The summed E-state index contributed by atoms with van der Waals surface area (Å²) in [6.45, 7) is 3.36. The molecule has 0 aromatic heterocycles. The van der Waals surface area contributed by atoms with Crippen molar-refractivity contribution in [1.82, 2.24) is 5.32 Å². The zero-order valence-electron chi connectivity index (χ0n) is 10.0. The topological polar surface area (TPSA) is 49.3 Å². The Bertz CT molecular complexity index is 426. The zero-order valence-corrected chi connectivity index (χ0v) is 10.0. The molecule has 0 aliphatic carbocycles. The van der Waals surface area contributed by atoms with Gasteiger partial charge in [0.25, 0.3) is 0 Å². The first-order valence-corrected chi connectivity index (χ1v) is 5.42. The fraction of sp³-hybridized carbons (Fsp3) is 0.417. The molecule has 0 aliphatic rings. The lowest BCUT2D eigenvalue weighted by Gasteiger charge is -2.18. The number of halogens is 3. The van der Waals surface area contributed by atoms with Gasteiger partial charge in [0.2, 0.25) is 0 Å². The van der Waals surface area contributed by atoms with Crippen molar-refractivity contribution in [2.75, 3.05) is 0 Å². The summed E-state index contributed by atoms with van der Waals surface area (Å²) in [4.78, 5) is 10.9. The first-order chi connectivity index (χ1) is 8.32. The molecule has 1 rings (SSSR count). The number of hydrogen-bond donors (Lipinski definition) is 2. The third-order valence-electron chi connectivity index (χ3n) is 2.50. The molecule has 1 aromatic carbocycles. The number of rotatable bonds is 5. The summed E-state index contributed by atoms with van der Waals surface area (Å²) in [5, 5.41) is 11.6. The molecular weight excluding hydrogens is 247 g/mol. The van der Waals surface area contributed by atoms with Crippen molar-refractivity contribution < 1.29 is 23.1 Å². The predicted octanol–water partition coefficient (Wildman–Crippen LogP) is 2.30. The van der Waals surface area contributed by atoms with E-state index >= 15 is 0 Å². The van der Waals surface area contributed by atoms with E-state index in [0.717, 1.165) is 12.1 Å². The average Bonchev–Trinajstić information content (AvgIpc) is 2.24. The minimum atomic E-state index is -1.53. The molecule has 1 aromatic rings. The maximum absolute atomic E-state index is 12.9. The normalized spacial score (nSPS) is 12.8. The fourth-order valence-electron chi connectivity index (χ4n) is 1.55. The van der Waals surface area contributed by atoms with E-state index in [1.807, 2.05) is 0 Å². The third kappa shape index (κ3) is 3.46. The number of carboxylic acids is 1. The largest absolute Gasteiger partial charge is 0.480 e. The van der Waals surface area contributed by atoms with Crippen LogP contribution in [0.1, 0.15) is 19.4 Å². The number of carboxylic acid groups (broad SMARTS) is 1. The molecule has 0 saturated carbocycles. The second-order valence-corrected chi connectivity index (χ2v) is 4.31. The highest BCUT2D eigenvalue weighted by molar-refractivity contribution is 5.73. The van der Waals surface area contributed by atoms with Gasteiger partial charge in [0.05, 0.1) is 0 Å². The third-order valence-corrected chi connectivity index (χ3v) is 2.50. The van der Waals surface area contributed by atoms with Crippen molar-refractivity contribution in [2.24, 2.45) is 5.92 Å². The lowest BCUT2D eigenvalue weighted by molar-refractivity contribution is -0.140. The molecule has 0 radical (unpaired) electrons. The van der Waals surface area contributed by atoms with Gasteiger partial charge >= 0.3 is 5.97 Å². The van der Waals surface area contributed by atoms with Crippen LogP contribution in [0.25, 0.3) is 0 Å². The Hall–Kier alpha value is -1.56. The van der Waals surface area contributed by atoms with Crippen LogP contribution < -0.4 is 5.32 Å². The van der Waals surface area contributed by atoms with Crippen molar-refractivity contribution in [3.63, 3.8) is 0 Å². The van der Waals surface area contributed by atoms with Gasteiger partial charge in [-0.3, -0.25) is 4.79 Å². The Balaban J connectivity index is 2.77. The lowest BCUT2D eigenvalue weighted by Crippen LogP contribution is -2.40. The maximum Gasteiger partial charge on any atom is 0.320 e. The molecule has 0 aliphatic heterocycles. The summed E-state index contributed by atoms with van der Waals surface area (Å²) in [7, 11) is 0. The van der Waals surface area contributed by atoms with Gasteiger partial charge in [0.15, 0.2) is 17.5 Å².